The fourth-order valence-electron chi connectivity index (χ4n) is 8.41. The van der Waals surface area contributed by atoms with Gasteiger partial charge in [-0.05, 0) is 128 Å². The highest BCUT2D eigenvalue weighted by Gasteiger charge is 2.19. The van der Waals surface area contributed by atoms with E-state index in [0.29, 0.717) is 19.3 Å². The van der Waals surface area contributed by atoms with Crippen LogP contribution in [0.15, 0.2) is 170 Å². The molecule has 0 aliphatic heterocycles. The molecule has 6 heteroatoms. The minimum absolute atomic E-state index is 0.109. The zero-order valence-corrected chi connectivity index (χ0v) is 52.0. The number of unbranched alkanes of at least 4 members (excludes halogenated alkanes) is 18. The average Bonchev–Trinajstić information content (AvgIpc) is 3.47. The molecule has 0 bridgehead atoms. The smallest absolute Gasteiger partial charge is 0.306 e. The van der Waals surface area contributed by atoms with E-state index < -0.39 is 6.10 Å². The van der Waals surface area contributed by atoms with Gasteiger partial charge in [-0.2, -0.15) is 0 Å². The molecular formula is C75H118O6. The Morgan fingerprint density at radius 3 is 0.790 bits per heavy atom. The van der Waals surface area contributed by atoms with E-state index in [4.69, 9.17) is 14.2 Å². The molecule has 1 unspecified atom stereocenters. The normalized spacial score (nSPS) is 13.3. The topological polar surface area (TPSA) is 78.9 Å². The van der Waals surface area contributed by atoms with Crippen molar-refractivity contribution < 1.29 is 28.6 Å². The lowest BCUT2D eigenvalue weighted by molar-refractivity contribution is -0.167. The summed E-state index contributed by atoms with van der Waals surface area (Å²) in [6.07, 6.45) is 99.5. The Morgan fingerprint density at radius 1 is 0.259 bits per heavy atom. The van der Waals surface area contributed by atoms with Crippen molar-refractivity contribution in [3.63, 3.8) is 0 Å². The Hall–Kier alpha value is -5.23. The maximum absolute atomic E-state index is 12.9. The van der Waals surface area contributed by atoms with E-state index in [1.165, 1.54) is 77.0 Å². The molecule has 454 valence electrons. The van der Waals surface area contributed by atoms with Gasteiger partial charge in [-0.3, -0.25) is 14.4 Å². The predicted molar refractivity (Wildman–Crippen MR) is 352 cm³/mol. The number of hydrogen-bond acceptors (Lipinski definition) is 6. The second kappa shape index (κ2) is 67.3. The predicted octanol–water partition coefficient (Wildman–Crippen LogP) is 22.7. The van der Waals surface area contributed by atoms with E-state index in [-0.39, 0.29) is 37.5 Å². The summed E-state index contributed by atoms with van der Waals surface area (Å²) in [5, 5.41) is 0. The van der Waals surface area contributed by atoms with Gasteiger partial charge in [0.2, 0.25) is 0 Å². The van der Waals surface area contributed by atoms with E-state index in [9.17, 15) is 14.4 Å². The Labute approximate surface area is 498 Å². The monoisotopic (exact) mass is 1110 g/mol. The summed E-state index contributed by atoms with van der Waals surface area (Å²) in [6, 6.07) is 0. The van der Waals surface area contributed by atoms with E-state index >= 15 is 0 Å². The van der Waals surface area contributed by atoms with Gasteiger partial charge in [-0.15, -0.1) is 0 Å². The molecule has 0 radical (unpaired) electrons. The minimum atomic E-state index is -0.819. The highest BCUT2D eigenvalue weighted by Crippen LogP contribution is 2.14. The highest BCUT2D eigenvalue weighted by atomic mass is 16.6. The van der Waals surface area contributed by atoms with Crippen molar-refractivity contribution in [2.24, 2.45) is 0 Å². The molecule has 0 aromatic rings. The molecule has 0 saturated heterocycles. The average molecular weight is 1120 g/mol. The van der Waals surface area contributed by atoms with Crippen molar-refractivity contribution in [3.05, 3.63) is 170 Å². The van der Waals surface area contributed by atoms with Crippen LogP contribution in [0.4, 0.5) is 0 Å². The van der Waals surface area contributed by atoms with Crippen LogP contribution in [0, 0.1) is 0 Å². The molecule has 0 amide bonds. The van der Waals surface area contributed by atoms with Gasteiger partial charge in [0.15, 0.2) is 6.10 Å². The van der Waals surface area contributed by atoms with Gasteiger partial charge in [0, 0.05) is 19.3 Å². The Morgan fingerprint density at radius 2 is 0.494 bits per heavy atom. The van der Waals surface area contributed by atoms with Gasteiger partial charge in [-0.1, -0.05) is 287 Å². The van der Waals surface area contributed by atoms with Crippen LogP contribution in [0.25, 0.3) is 0 Å². The van der Waals surface area contributed by atoms with Gasteiger partial charge in [0.25, 0.3) is 0 Å². The summed E-state index contributed by atoms with van der Waals surface area (Å²) in [5.74, 6) is -0.984. The largest absolute Gasteiger partial charge is 0.462 e. The zero-order chi connectivity index (χ0) is 58.5. The summed E-state index contributed by atoms with van der Waals surface area (Å²) >= 11 is 0. The van der Waals surface area contributed by atoms with Crippen LogP contribution in [0.5, 0.6) is 0 Å². The van der Waals surface area contributed by atoms with Gasteiger partial charge < -0.3 is 14.2 Å². The van der Waals surface area contributed by atoms with Crippen molar-refractivity contribution in [2.75, 3.05) is 13.2 Å². The number of carbonyl (C=O) groups is 3. The van der Waals surface area contributed by atoms with Gasteiger partial charge in [0.1, 0.15) is 13.2 Å². The number of hydrogen-bond donors (Lipinski definition) is 0. The molecule has 0 spiro atoms. The fraction of sp³-hybridized carbons (Fsp3) is 0.587. The number of rotatable bonds is 57. The minimum Gasteiger partial charge on any atom is -0.462 e. The summed E-state index contributed by atoms with van der Waals surface area (Å²) in [5.41, 5.74) is 0. The fourth-order valence-corrected chi connectivity index (χ4v) is 8.41. The molecule has 0 rings (SSSR count). The Bertz CT molecular complexity index is 1860. The van der Waals surface area contributed by atoms with Crippen LogP contribution < -0.4 is 0 Å². The third-order valence-corrected chi connectivity index (χ3v) is 13.2. The molecular weight excluding hydrogens is 997 g/mol. The number of ether oxygens (including phenoxy) is 3. The second-order valence-corrected chi connectivity index (χ2v) is 20.9. The molecule has 0 aromatic carbocycles. The van der Waals surface area contributed by atoms with Crippen molar-refractivity contribution in [3.8, 4) is 0 Å². The number of esters is 3. The van der Waals surface area contributed by atoms with Crippen LogP contribution in [0.3, 0.4) is 0 Å². The summed E-state index contributed by atoms with van der Waals surface area (Å²) in [7, 11) is 0. The second-order valence-electron chi connectivity index (χ2n) is 20.9. The first-order valence-electron chi connectivity index (χ1n) is 32.6. The molecule has 0 saturated carbocycles. The Kier molecular flexibility index (Phi) is 62.9. The van der Waals surface area contributed by atoms with Crippen LogP contribution in [-0.4, -0.2) is 37.2 Å². The summed E-state index contributed by atoms with van der Waals surface area (Å²) in [4.78, 5) is 38.2. The van der Waals surface area contributed by atoms with Crippen LogP contribution in [-0.2, 0) is 28.6 Å². The molecule has 6 nitrogen and oxygen atoms in total. The maximum Gasteiger partial charge on any atom is 0.306 e. The van der Waals surface area contributed by atoms with Gasteiger partial charge in [0.05, 0.1) is 0 Å². The first kappa shape index (κ1) is 75.8. The molecule has 0 aromatic heterocycles. The van der Waals surface area contributed by atoms with Gasteiger partial charge in [-0.25, -0.2) is 0 Å². The highest BCUT2D eigenvalue weighted by molar-refractivity contribution is 5.71. The third-order valence-electron chi connectivity index (χ3n) is 13.2. The SMILES string of the molecule is CC/C=C\C/C=C\C/C=C\C/C=C\C/C=C\C/C=C\C/C=C\C/C=C\C/C=C\CCCCCCCCCC(=O)OCC(COC(=O)CCCCCCCCCCCCC)OC(=O)CCC/C=C\C/C=C\C/C=C\C/C=C\C/C=C\CC. The van der Waals surface area contributed by atoms with E-state index in [0.717, 1.165) is 141 Å². The molecule has 0 N–H and O–H groups in total. The number of allylic oxidation sites excluding steroid dienone is 28. The summed E-state index contributed by atoms with van der Waals surface area (Å²) < 4.78 is 16.8. The maximum atomic E-state index is 12.9. The van der Waals surface area contributed by atoms with Crippen molar-refractivity contribution in [1.29, 1.82) is 0 Å². The quantitative estimate of drug-likeness (QED) is 0.0261. The van der Waals surface area contributed by atoms with Crippen LogP contribution >= 0.6 is 0 Å². The third kappa shape index (κ3) is 65.5. The molecule has 0 fully saturated rings. The lowest BCUT2D eigenvalue weighted by atomic mass is 10.1. The molecule has 81 heavy (non-hydrogen) atoms. The lowest BCUT2D eigenvalue weighted by Gasteiger charge is -2.18. The van der Waals surface area contributed by atoms with E-state index in [1.54, 1.807) is 0 Å². The standard InChI is InChI=1S/C75H118O6/c1-4-7-10-13-16-19-22-24-26-28-29-30-31-32-33-34-35-36-37-38-39-40-41-42-43-44-45-47-48-50-53-56-59-62-65-68-74(77)80-71-72(70-79-73(76)67-64-61-58-55-52-21-18-15-12-9-6-3)81-75(78)69-66-63-60-57-54-51-49-46-27-25-23-20-17-14-11-8-5-2/h7-8,10-11,16-17,19-20,24-27,29-30,32-33,35-36,38-39,41-42,44-45,49,51,57,60,72H,4-6,9,12-15,18,21-23,28,31,34,37,40,43,46-48,50,52-56,58-59,61-71H2,1-3H3/b10-7-,11-8-,19-16-,20-17-,26-24-,27-25-,30-29-,33-32-,36-35-,39-38-,42-41-,45-44-,51-49-,60-57-. The Balaban J connectivity index is 4.32. The lowest BCUT2D eigenvalue weighted by Crippen LogP contribution is -2.30. The molecule has 0 aliphatic rings. The zero-order valence-electron chi connectivity index (χ0n) is 52.0. The van der Waals surface area contributed by atoms with Gasteiger partial charge >= 0.3 is 17.9 Å². The first-order valence-corrected chi connectivity index (χ1v) is 32.6. The number of carbonyl (C=O) groups excluding carboxylic acids is 3. The molecule has 1 atom stereocenters. The molecule has 0 heterocycles. The summed E-state index contributed by atoms with van der Waals surface area (Å²) in [6.45, 7) is 6.34. The van der Waals surface area contributed by atoms with Crippen LogP contribution in [0.1, 0.15) is 265 Å². The van der Waals surface area contributed by atoms with Crippen molar-refractivity contribution >= 4 is 17.9 Å². The molecule has 0 aliphatic carbocycles. The van der Waals surface area contributed by atoms with Crippen molar-refractivity contribution in [2.45, 2.75) is 271 Å². The first-order chi connectivity index (χ1) is 40.0. The van der Waals surface area contributed by atoms with Crippen molar-refractivity contribution in [1.82, 2.24) is 0 Å². The van der Waals surface area contributed by atoms with E-state index in [1.807, 2.05) is 0 Å². The van der Waals surface area contributed by atoms with Crippen LogP contribution in [0.2, 0.25) is 0 Å². The van der Waals surface area contributed by atoms with E-state index in [2.05, 4.69) is 191 Å².